The van der Waals surface area contributed by atoms with Gasteiger partial charge in [-0.05, 0) is 38.5 Å². The van der Waals surface area contributed by atoms with Crippen LogP contribution in [0.4, 0.5) is 0 Å². The summed E-state index contributed by atoms with van der Waals surface area (Å²) in [5, 5.41) is 9.01. The van der Waals surface area contributed by atoms with E-state index in [1.165, 1.54) is 0 Å². The lowest BCUT2D eigenvalue weighted by molar-refractivity contribution is -0.145. The van der Waals surface area contributed by atoms with Crippen molar-refractivity contribution in [2.24, 2.45) is 17.8 Å². The predicted octanol–water partition coefficient (Wildman–Crippen LogP) is 3.16. The normalized spacial score (nSPS) is 22.8. The molecule has 0 aromatic heterocycles. The molecule has 0 aromatic carbocycles. The predicted molar refractivity (Wildman–Crippen MR) is 79.4 cm³/mol. The number of nitrogens with zero attached hydrogens (tertiary/aromatic N) is 1. The van der Waals surface area contributed by atoms with Crippen LogP contribution in [0.3, 0.4) is 0 Å². The van der Waals surface area contributed by atoms with E-state index < -0.39 is 5.97 Å². The molecule has 1 N–H and O–H groups in total. The summed E-state index contributed by atoms with van der Waals surface area (Å²) in [6.45, 7) is 7.98. The summed E-state index contributed by atoms with van der Waals surface area (Å²) in [7, 11) is 0. The molecule has 1 fully saturated rings. The molecule has 0 unspecified atom stereocenters. The van der Waals surface area contributed by atoms with Gasteiger partial charge in [-0.2, -0.15) is 0 Å². The Labute approximate surface area is 122 Å². The number of hydrogen-bond donors (Lipinski definition) is 1. The lowest BCUT2D eigenvalue weighted by Gasteiger charge is -2.32. The van der Waals surface area contributed by atoms with Gasteiger partial charge in [0.25, 0.3) is 0 Å². The van der Waals surface area contributed by atoms with E-state index in [0.29, 0.717) is 18.8 Å². The van der Waals surface area contributed by atoms with Gasteiger partial charge in [-0.1, -0.05) is 26.7 Å². The van der Waals surface area contributed by atoms with E-state index in [-0.39, 0.29) is 17.7 Å². The van der Waals surface area contributed by atoms with Gasteiger partial charge in [0.2, 0.25) is 5.91 Å². The van der Waals surface area contributed by atoms with Gasteiger partial charge in [0.1, 0.15) is 0 Å². The van der Waals surface area contributed by atoms with Crippen LogP contribution in [-0.4, -0.2) is 35.0 Å². The largest absolute Gasteiger partial charge is 0.481 e. The van der Waals surface area contributed by atoms with Crippen LogP contribution < -0.4 is 0 Å². The SMILES string of the molecule is CCC(CC)CN(CC)C(=O)C1CCC(C(=O)O)CC1. The second-order valence-corrected chi connectivity index (χ2v) is 5.95. The van der Waals surface area contributed by atoms with E-state index in [0.717, 1.165) is 38.8 Å². The first-order chi connectivity index (χ1) is 9.53. The van der Waals surface area contributed by atoms with Gasteiger partial charge in [0.05, 0.1) is 5.92 Å². The fourth-order valence-corrected chi connectivity index (χ4v) is 3.08. The fourth-order valence-electron chi connectivity index (χ4n) is 3.08. The van der Waals surface area contributed by atoms with Crippen LogP contribution in [-0.2, 0) is 9.59 Å². The number of carbonyl (C=O) groups is 2. The van der Waals surface area contributed by atoms with Crippen LogP contribution in [0.5, 0.6) is 0 Å². The number of amides is 1. The summed E-state index contributed by atoms with van der Waals surface area (Å²) in [5.74, 6) is -0.0918. The molecule has 0 spiro atoms. The van der Waals surface area contributed by atoms with Crippen LogP contribution in [0.25, 0.3) is 0 Å². The number of carbonyl (C=O) groups excluding carboxylic acids is 1. The van der Waals surface area contributed by atoms with Crippen molar-refractivity contribution in [2.75, 3.05) is 13.1 Å². The number of aliphatic carboxylic acids is 1. The summed E-state index contributed by atoms with van der Waals surface area (Å²) >= 11 is 0. The van der Waals surface area contributed by atoms with E-state index in [9.17, 15) is 9.59 Å². The highest BCUT2D eigenvalue weighted by Crippen LogP contribution is 2.30. The van der Waals surface area contributed by atoms with Crippen LogP contribution in [0, 0.1) is 17.8 Å². The summed E-state index contributed by atoms with van der Waals surface area (Å²) in [6.07, 6.45) is 4.96. The molecular weight excluding hydrogens is 254 g/mol. The molecule has 0 aliphatic heterocycles. The lowest BCUT2D eigenvalue weighted by Crippen LogP contribution is -2.40. The number of hydrogen-bond acceptors (Lipinski definition) is 2. The van der Waals surface area contributed by atoms with E-state index in [4.69, 9.17) is 5.11 Å². The van der Waals surface area contributed by atoms with Gasteiger partial charge in [0.15, 0.2) is 0 Å². The van der Waals surface area contributed by atoms with Crippen molar-refractivity contribution < 1.29 is 14.7 Å². The molecule has 1 amide bonds. The van der Waals surface area contributed by atoms with Crippen LogP contribution in [0.1, 0.15) is 59.3 Å². The molecule has 0 radical (unpaired) electrons. The zero-order chi connectivity index (χ0) is 15.1. The molecule has 1 saturated carbocycles. The van der Waals surface area contributed by atoms with E-state index in [1.807, 2.05) is 11.8 Å². The third-order valence-corrected chi connectivity index (χ3v) is 4.75. The Morgan fingerprint density at radius 3 is 1.95 bits per heavy atom. The number of carboxylic acids is 1. The zero-order valence-corrected chi connectivity index (χ0v) is 13.1. The number of carboxylic acid groups (broad SMARTS) is 1. The third-order valence-electron chi connectivity index (χ3n) is 4.75. The zero-order valence-electron chi connectivity index (χ0n) is 13.1. The average molecular weight is 283 g/mol. The molecule has 0 heterocycles. The van der Waals surface area contributed by atoms with Crippen molar-refractivity contribution in [2.45, 2.75) is 59.3 Å². The Morgan fingerprint density at radius 1 is 1.05 bits per heavy atom. The molecule has 0 bridgehead atoms. The maximum atomic E-state index is 12.6. The van der Waals surface area contributed by atoms with Crippen LogP contribution in [0.15, 0.2) is 0 Å². The summed E-state index contributed by atoms with van der Waals surface area (Å²) in [5.41, 5.74) is 0. The van der Waals surface area contributed by atoms with Crippen LogP contribution in [0.2, 0.25) is 0 Å². The highest BCUT2D eigenvalue weighted by atomic mass is 16.4. The molecule has 116 valence electrons. The van der Waals surface area contributed by atoms with Gasteiger partial charge in [-0.15, -0.1) is 0 Å². The minimum atomic E-state index is -0.708. The Kier molecular flexibility index (Phi) is 7.03. The lowest BCUT2D eigenvalue weighted by atomic mass is 9.81. The van der Waals surface area contributed by atoms with Crippen molar-refractivity contribution in [1.29, 1.82) is 0 Å². The van der Waals surface area contributed by atoms with Crippen LogP contribution >= 0.6 is 0 Å². The van der Waals surface area contributed by atoms with Crippen molar-refractivity contribution in [3.63, 3.8) is 0 Å². The summed E-state index contributed by atoms with van der Waals surface area (Å²) in [4.78, 5) is 25.5. The van der Waals surface area contributed by atoms with Gasteiger partial charge in [-0.25, -0.2) is 0 Å². The molecule has 4 nitrogen and oxygen atoms in total. The molecule has 20 heavy (non-hydrogen) atoms. The van der Waals surface area contributed by atoms with Gasteiger partial charge in [-0.3, -0.25) is 9.59 Å². The first kappa shape index (κ1) is 17.0. The number of rotatable bonds is 7. The van der Waals surface area contributed by atoms with Crippen molar-refractivity contribution in [3.8, 4) is 0 Å². The highest BCUT2D eigenvalue weighted by Gasteiger charge is 2.32. The first-order valence-corrected chi connectivity index (χ1v) is 8.04. The maximum absolute atomic E-state index is 12.6. The molecule has 0 atom stereocenters. The Balaban J connectivity index is 2.53. The van der Waals surface area contributed by atoms with Gasteiger partial charge >= 0.3 is 5.97 Å². The summed E-state index contributed by atoms with van der Waals surface area (Å²) < 4.78 is 0. The molecular formula is C16H29NO3. The van der Waals surface area contributed by atoms with Crippen molar-refractivity contribution >= 4 is 11.9 Å². The van der Waals surface area contributed by atoms with Crippen molar-refractivity contribution in [3.05, 3.63) is 0 Å². The van der Waals surface area contributed by atoms with Crippen molar-refractivity contribution in [1.82, 2.24) is 4.90 Å². The second-order valence-electron chi connectivity index (χ2n) is 5.95. The molecule has 1 aliphatic carbocycles. The Hall–Kier alpha value is -1.06. The first-order valence-electron chi connectivity index (χ1n) is 8.04. The highest BCUT2D eigenvalue weighted by molar-refractivity contribution is 5.79. The fraction of sp³-hybridized carbons (Fsp3) is 0.875. The molecule has 1 aliphatic rings. The summed E-state index contributed by atoms with van der Waals surface area (Å²) in [6, 6.07) is 0. The molecule has 1 rings (SSSR count). The molecule has 0 aromatic rings. The monoisotopic (exact) mass is 283 g/mol. The smallest absolute Gasteiger partial charge is 0.306 e. The third kappa shape index (κ3) is 4.50. The topological polar surface area (TPSA) is 57.6 Å². The Bertz CT molecular complexity index is 318. The quantitative estimate of drug-likeness (QED) is 0.780. The minimum absolute atomic E-state index is 0.0416. The Morgan fingerprint density at radius 2 is 1.55 bits per heavy atom. The molecule has 4 heteroatoms. The minimum Gasteiger partial charge on any atom is -0.481 e. The van der Waals surface area contributed by atoms with E-state index in [2.05, 4.69) is 13.8 Å². The van der Waals surface area contributed by atoms with Gasteiger partial charge in [0, 0.05) is 19.0 Å². The average Bonchev–Trinajstić information content (AvgIpc) is 2.48. The maximum Gasteiger partial charge on any atom is 0.306 e. The standard InChI is InChI=1S/C16H29NO3/c1-4-12(5-2)11-17(6-3)15(18)13-7-9-14(10-8-13)16(19)20/h12-14H,4-11H2,1-3H3,(H,19,20). The van der Waals surface area contributed by atoms with E-state index >= 15 is 0 Å². The van der Waals surface area contributed by atoms with E-state index in [1.54, 1.807) is 0 Å². The second kappa shape index (κ2) is 8.28. The molecule has 0 saturated heterocycles. The van der Waals surface area contributed by atoms with Gasteiger partial charge < -0.3 is 10.0 Å².